The normalized spacial score (nSPS) is 34.2. The summed E-state index contributed by atoms with van der Waals surface area (Å²) in [6.45, 7) is 11.6. The molecule has 0 heterocycles. The number of ether oxygens (including phenoxy) is 1. The Hall–Kier alpha value is -1.77. The van der Waals surface area contributed by atoms with Crippen molar-refractivity contribution in [3.63, 3.8) is 0 Å². The third-order valence-electron chi connectivity index (χ3n) is 7.79. The Kier molecular flexibility index (Phi) is 4.94. The lowest BCUT2D eigenvalue weighted by Gasteiger charge is -2.61. The zero-order valence-corrected chi connectivity index (χ0v) is 16.6. The highest BCUT2D eigenvalue weighted by Crippen LogP contribution is 2.64. The molecule has 1 aromatic rings. The van der Waals surface area contributed by atoms with Crippen molar-refractivity contribution in [2.75, 3.05) is 7.11 Å². The molecule has 0 amide bonds. The maximum Gasteiger partial charge on any atom is 0.337 e. The van der Waals surface area contributed by atoms with Gasteiger partial charge in [0.25, 0.3) is 0 Å². The number of benzene rings is 1. The molecule has 0 saturated heterocycles. The summed E-state index contributed by atoms with van der Waals surface area (Å²) in [5.41, 5.74) is 2.98. The number of hydrogen-bond acceptors (Lipinski definition) is 3. The molecule has 2 aliphatic rings. The van der Waals surface area contributed by atoms with Crippen LogP contribution in [0.2, 0.25) is 0 Å². The summed E-state index contributed by atoms with van der Waals surface area (Å²) in [6, 6.07) is 5.06. The number of allylic oxidation sites excluding steroid dienone is 1. The number of carbonyl (C=O) groups excluding carboxylic acids is 1. The number of phenolic OH excluding ortho intramolecular Hbond substituents is 1. The molecule has 0 aliphatic heterocycles. The standard InChI is InChI=1S/C23H32O3/c1-15-7-6-12-22(3)19(15)10-8-16(2)23(22,4)14-18-13-17(21(25)26-5)9-11-20(18)24/h9,11,13,16,19,24H,1,6-8,10,12,14H2,2-5H3/t16-,19-,22-,23+/m0/s1. The molecule has 1 aromatic carbocycles. The molecule has 0 bridgehead atoms. The summed E-state index contributed by atoms with van der Waals surface area (Å²) in [7, 11) is 1.39. The minimum atomic E-state index is -0.358. The van der Waals surface area contributed by atoms with Crippen molar-refractivity contribution in [1.82, 2.24) is 0 Å². The molecule has 3 nitrogen and oxygen atoms in total. The Morgan fingerprint density at radius 2 is 2.08 bits per heavy atom. The molecule has 0 spiro atoms. The van der Waals surface area contributed by atoms with E-state index in [0.29, 0.717) is 17.4 Å². The van der Waals surface area contributed by atoms with Crippen molar-refractivity contribution in [2.24, 2.45) is 22.7 Å². The number of hydrogen-bond donors (Lipinski definition) is 1. The number of rotatable bonds is 3. The molecule has 0 radical (unpaired) electrons. The lowest BCUT2D eigenvalue weighted by molar-refractivity contribution is -0.0828. The highest BCUT2D eigenvalue weighted by molar-refractivity contribution is 5.89. The molecule has 4 atom stereocenters. The van der Waals surface area contributed by atoms with E-state index in [0.717, 1.165) is 18.4 Å². The van der Waals surface area contributed by atoms with Gasteiger partial charge in [0.05, 0.1) is 12.7 Å². The van der Waals surface area contributed by atoms with Crippen LogP contribution < -0.4 is 0 Å². The van der Waals surface area contributed by atoms with E-state index in [2.05, 4.69) is 27.4 Å². The van der Waals surface area contributed by atoms with Crippen molar-refractivity contribution in [1.29, 1.82) is 0 Å². The molecule has 2 saturated carbocycles. The predicted molar refractivity (Wildman–Crippen MR) is 104 cm³/mol. The van der Waals surface area contributed by atoms with Crippen molar-refractivity contribution in [3.05, 3.63) is 41.5 Å². The molecule has 1 N–H and O–H groups in total. The smallest absolute Gasteiger partial charge is 0.337 e. The van der Waals surface area contributed by atoms with Gasteiger partial charge in [-0.3, -0.25) is 0 Å². The van der Waals surface area contributed by atoms with Crippen LogP contribution in [0.25, 0.3) is 0 Å². The molecule has 2 fully saturated rings. The van der Waals surface area contributed by atoms with E-state index < -0.39 is 0 Å². The fourth-order valence-electron chi connectivity index (χ4n) is 5.73. The molecule has 3 rings (SSSR count). The van der Waals surface area contributed by atoms with Gasteiger partial charge >= 0.3 is 5.97 Å². The molecule has 3 heteroatoms. The first-order valence-corrected chi connectivity index (χ1v) is 9.81. The lowest BCUT2D eigenvalue weighted by Crippen LogP contribution is -2.53. The second-order valence-electron chi connectivity index (χ2n) is 8.89. The highest BCUT2D eigenvalue weighted by Gasteiger charge is 2.56. The summed E-state index contributed by atoms with van der Waals surface area (Å²) in [4.78, 5) is 11.9. The largest absolute Gasteiger partial charge is 0.508 e. The summed E-state index contributed by atoms with van der Waals surface area (Å²) in [5.74, 6) is 1.02. The number of phenols is 1. The van der Waals surface area contributed by atoms with Crippen molar-refractivity contribution in [2.45, 2.75) is 59.3 Å². The fourth-order valence-corrected chi connectivity index (χ4v) is 5.73. The monoisotopic (exact) mass is 356 g/mol. The molecule has 142 valence electrons. The zero-order chi connectivity index (χ0) is 19.1. The van der Waals surface area contributed by atoms with Crippen LogP contribution in [-0.2, 0) is 11.2 Å². The third kappa shape index (κ3) is 2.86. The fraction of sp³-hybridized carbons (Fsp3) is 0.609. The Morgan fingerprint density at radius 3 is 2.77 bits per heavy atom. The second-order valence-corrected chi connectivity index (χ2v) is 8.89. The van der Waals surface area contributed by atoms with Crippen molar-refractivity contribution in [3.8, 4) is 5.75 Å². The van der Waals surface area contributed by atoms with Gasteiger partial charge in [0.1, 0.15) is 5.75 Å². The molecule has 0 aromatic heterocycles. The maximum absolute atomic E-state index is 11.9. The van der Waals surface area contributed by atoms with E-state index >= 15 is 0 Å². The van der Waals surface area contributed by atoms with Crippen molar-refractivity contribution < 1.29 is 14.6 Å². The summed E-state index contributed by atoms with van der Waals surface area (Å²) >= 11 is 0. The van der Waals surface area contributed by atoms with Crippen molar-refractivity contribution >= 4 is 5.97 Å². The van der Waals surface area contributed by atoms with E-state index in [1.54, 1.807) is 12.1 Å². The SMILES string of the molecule is C=C1CCC[C@@]2(C)[C@H]1CC[C@H](C)[C@@]2(C)Cc1cc(C(=O)OC)ccc1O. The maximum atomic E-state index is 11.9. The Morgan fingerprint density at radius 1 is 1.35 bits per heavy atom. The van der Waals surface area contributed by atoms with Gasteiger partial charge in [-0.15, -0.1) is 0 Å². The van der Waals surface area contributed by atoms with Crippen LogP contribution in [0.4, 0.5) is 0 Å². The number of aromatic hydroxyl groups is 1. The van der Waals surface area contributed by atoms with Gasteiger partial charge in [0.15, 0.2) is 0 Å². The topological polar surface area (TPSA) is 46.5 Å². The minimum absolute atomic E-state index is 0.0471. The van der Waals surface area contributed by atoms with Gasteiger partial charge in [0.2, 0.25) is 0 Å². The Labute approximate surface area is 157 Å². The first-order chi connectivity index (χ1) is 12.2. The van der Waals surface area contributed by atoms with Crippen LogP contribution in [0.3, 0.4) is 0 Å². The van der Waals surface area contributed by atoms with Gasteiger partial charge in [-0.1, -0.05) is 32.9 Å². The van der Waals surface area contributed by atoms with Gasteiger partial charge in [-0.05, 0) is 85.0 Å². The van der Waals surface area contributed by atoms with E-state index in [4.69, 9.17) is 4.74 Å². The van der Waals surface area contributed by atoms with Crippen LogP contribution >= 0.6 is 0 Å². The Balaban J connectivity index is 2.01. The quantitative estimate of drug-likeness (QED) is 0.573. The summed E-state index contributed by atoms with van der Waals surface area (Å²) < 4.78 is 4.85. The Bertz CT molecular complexity index is 722. The zero-order valence-electron chi connectivity index (χ0n) is 16.6. The highest BCUT2D eigenvalue weighted by atomic mass is 16.5. The van der Waals surface area contributed by atoms with Crippen LogP contribution in [0.1, 0.15) is 68.8 Å². The van der Waals surface area contributed by atoms with Crippen LogP contribution in [0, 0.1) is 22.7 Å². The molecular weight excluding hydrogens is 324 g/mol. The van der Waals surface area contributed by atoms with E-state index in [9.17, 15) is 9.90 Å². The van der Waals surface area contributed by atoms with Crippen LogP contribution in [-0.4, -0.2) is 18.2 Å². The summed E-state index contributed by atoms with van der Waals surface area (Å²) in [6.07, 6.45) is 6.73. The van der Waals surface area contributed by atoms with Crippen LogP contribution in [0.5, 0.6) is 5.75 Å². The number of carbonyl (C=O) groups is 1. The molecular formula is C23H32O3. The molecule has 26 heavy (non-hydrogen) atoms. The van der Waals surface area contributed by atoms with E-state index in [1.807, 2.05) is 6.07 Å². The molecule has 2 aliphatic carbocycles. The van der Waals surface area contributed by atoms with E-state index in [-0.39, 0.29) is 22.5 Å². The number of fused-ring (bicyclic) bond motifs is 1. The van der Waals surface area contributed by atoms with Gasteiger partial charge in [0, 0.05) is 0 Å². The first-order valence-electron chi connectivity index (χ1n) is 9.81. The average molecular weight is 357 g/mol. The summed E-state index contributed by atoms with van der Waals surface area (Å²) in [5, 5.41) is 10.5. The van der Waals surface area contributed by atoms with Crippen LogP contribution in [0.15, 0.2) is 30.4 Å². The van der Waals surface area contributed by atoms with Gasteiger partial charge in [-0.2, -0.15) is 0 Å². The lowest BCUT2D eigenvalue weighted by atomic mass is 9.44. The average Bonchev–Trinajstić information content (AvgIpc) is 2.61. The number of esters is 1. The van der Waals surface area contributed by atoms with Gasteiger partial charge < -0.3 is 9.84 Å². The first kappa shape index (κ1) is 19.0. The minimum Gasteiger partial charge on any atom is -0.508 e. The van der Waals surface area contributed by atoms with E-state index in [1.165, 1.54) is 38.4 Å². The number of methoxy groups -OCH3 is 1. The molecule has 0 unspecified atom stereocenters. The third-order valence-corrected chi connectivity index (χ3v) is 7.79. The van der Waals surface area contributed by atoms with Gasteiger partial charge in [-0.25, -0.2) is 4.79 Å². The predicted octanol–water partition coefficient (Wildman–Crippen LogP) is 5.52. The second kappa shape index (κ2) is 6.75.